The largest absolute Gasteiger partial charge is 0.461 e. The lowest BCUT2D eigenvalue weighted by Gasteiger charge is -2.49. The van der Waals surface area contributed by atoms with Gasteiger partial charge in [-0.25, -0.2) is 0 Å². The van der Waals surface area contributed by atoms with E-state index >= 15 is 0 Å². The molecule has 2 nitrogen and oxygen atoms in total. The Morgan fingerprint density at radius 1 is 1.25 bits per heavy atom. The molecule has 3 aliphatic carbocycles. The van der Waals surface area contributed by atoms with Crippen LogP contribution in [0.1, 0.15) is 26.2 Å². The molecule has 0 bridgehead atoms. The first-order valence-electron chi connectivity index (χ1n) is 6.54. The summed E-state index contributed by atoms with van der Waals surface area (Å²) in [6.45, 7) is 1.56. The van der Waals surface area contributed by atoms with Gasteiger partial charge in [0.15, 0.2) is 0 Å². The van der Waals surface area contributed by atoms with Crippen molar-refractivity contribution < 1.29 is 9.53 Å². The summed E-state index contributed by atoms with van der Waals surface area (Å²) in [6.07, 6.45) is 4.48. The molecule has 0 aromatic rings. The molecule has 4 aliphatic rings. The average Bonchev–Trinajstić information content (AvgIpc) is 2.69. The van der Waals surface area contributed by atoms with Crippen LogP contribution in [-0.4, -0.2) is 23.1 Å². The summed E-state index contributed by atoms with van der Waals surface area (Å²) in [5.41, 5.74) is 0. The van der Waals surface area contributed by atoms with E-state index in [0.29, 0.717) is 5.25 Å². The van der Waals surface area contributed by atoms with Crippen LogP contribution in [0.4, 0.5) is 0 Å². The molecule has 0 aromatic carbocycles. The lowest BCUT2D eigenvalue weighted by Crippen LogP contribution is -2.45. The van der Waals surface area contributed by atoms with Gasteiger partial charge in [-0.2, -0.15) is 11.8 Å². The second kappa shape index (κ2) is 3.18. The maximum atomic E-state index is 11.2. The van der Waals surface area contributed by atoms with E-state index in [2.05, 4.69) is 11.8 Å². The fourth-order valence-corrected chi connectivity index (χ4v) is 6.88. The van der Waals surface area contributed by atoms with Crippen molar-refractivity contribution in [1.82, 2.24) is 0 Å². The fraction of sp³-hybridized carbons (Fsp3) is 0.923. The molecule has 7 atom stereocenters. The molecule has 88 valence electrons. The van der Waals surface area contributed by atoms with Crippen LogP contribution >= 0.6 is 11.8 Å². The van der Waals surface area contributed by atoms with Gasteiger partial charge in [0.25, 0.3) is 0 Å². The van der Waals surface area contributed by atoms with Gasteiger partial charge in [-0.3, -0.25) is 4.79 Å². The molecular formula is C13H18O2S. The summed E-state index contributed by atoms with van der Waals surface area (Å²) in [7, 11) is 0. The van der Waals surface area contributed by atoms with Crippen molar-refractivity contribution in [2.45, 2.75) is 37.5 Å². The van der Waals surface area contributed by atoms with Crippen LogP contribution in [-0.2, 0) is 9.53 Å². The van der Waals surface area contributed by atoms with Gasteiger partial charge in [-0.1, -0.05) is 0 Å². The molecule has 0 radical (unpaired) electrons. The molecule has 0 amide bonds. The monoisotopic (exact) mass is 238 g/mol. The molecule has 4 fully saturated rings. The molecular weight excluding hydrogens is 220 g/mol. The van der Waals surface area contributed by atoms with E-state index in [4.69, 9.17) is 4.74 Å². The zero-order valence-corrected chi connectivity index (χ0v) is 10.4. The molecule has 3 saturated carbocycles. The van der Waals surface area contributed by atoms with Crippen LogP contribution in [0.25, 0.3) is 0 Å². The maximum absolute atomic E-state index is 11.2. The number of thioether (sulfide) groups is 1. The van der Waals surface area contributed by atoms with Crippen molar-refractivity contribution in [3.8, 4) is 0 Å². The van der Waals surface area contributed by atoms with Crippen LogP contribution in [0.15, 0.2) is 0 Å². The summed E-state index contributed by atoms with van der Waals surface area (Å²) in [6, 6.07) is 0. The van der Waals surface area contributed by atoms with Crippen molar-refractivity contribution in [3.05, 3.63) is 0 Å². The minimum absolute atomic E-state index is 0.0730. The molecule has 1 saturated heterocycles. The first-order chi connectivity index (χ1) is 7.75. The third-order valence-electron chi connectivity index (χ3n) is 5.44. The highest BCUT2D eigenvalue weighted by atomic mass is 32.2. The number of carbonyl (C=O) groups is 1. The van der Waals surface area contributed by atoms with Gasteiger partial charge in [-0.15, -0.1) is 0 Å². The Hall–Kier alpha value is -0.180. The summed E-state index contributed by atoms with van der Waals surface area (Å²) in [4.78, 5) is 11.2. The minimum atomic E-state index is -0.0730. The van der Waals surface area contributed by atoms with Crippen LogP contribution in [0.3, 0.4) is 0 Å². The minimum Gasteiger partial charge on any atom is -0.461 e. The van der Waals surface area contributed by atoms with Crippen molar-refractivity contribution in [2.24, 2.45) is 29.6 Å². The lowest BCUT2D eigenvalue weighted by atomic mass is 9.56. The molecule has 0 spiro atoms. The lowest BCUT2D eigenvalue weighted by molar-refractivity contribution is -0.151. The number of hydrogen-bond donors (Lipinski definition) is 0. The van der Waals surface area contributed by atoms with Gasteiger partial charge >= 0.3 is 5.97 Å². The first kappa shape index (κ1) is 9.81. The second-order valence-electron chi connectivity index (χ2n) is 6.02. The average molecular weight is 238 g/mol. The van der Waals surface area contributed by atoms with Gasteiger partial charge in [0, 0.05) is 18.1 Å². The van der Waals surface area contributed by atoms with E-state index in [1.54, 1.807) is 6.92 Å². The number of ether oxygens (including phenoxy) is 1. The topological polar surface area (TPSA) is 26.3 Å². The highest BCUT2D eigenvalue weighted by Crippen LogP contribution is 2.67. The molecule has 4 rings (SSSR count). The van der Waals surface area contributed by atoms with Crippen LogP contribution in [0.5, 0.6) is 0 Å². The molecule has 1 heterocycles. The predicted molar refractivity (Wildman–Crippen MR) is 63.1 cm³/mol. The molecule has 1 aliphatic heterocycles. The highest BCUT2D eigenvalue weighted by molar-refractivity contribution is 8.00. The van der Waals surface area contributed by atoms with Gasteiger partial charge < -0.3 is 4.74 Å². The van der Waals surface area contributed by atoms with E-state index in [1.807, 2.05) is 0 Å². The van der Waals surface area contributed by atoms with Crippen molar-refractivity contribution in [2.75, 3.05) is 5.75 Å². The summed E-state index contributed by atoms with van der Waals surface area (Å²) in [5, 5.41) is 0.647. The summed E-state index contributed by atoms with van der Waals surface area (Å²) >= 11 is 2.09. The number of esters is 1. The van der Waals surface area contributed by atoms with E-state index in [1.165, 1.54) is 25.0 Å². The normalized spacial score (nSPS) is 56.7. The zero-order chi connectivity index (χ0) is 10.9. The third kappa shape index (κ3) is 1.08. The number of hydrogen-bond acceptors (Lipinski definition) is 3. The van der Waals surface area contributed by atoms with Crippen molar-refractivity contribution in [3.63, 3.8) is 0 Å². The van der Waals surface area contributed by atoms with E-state index in [-0.39, 0.29) is 12.1 Å². The zero-order valence-electron chi connectivity index (χ0n) is 9.59. The fourth-order valence-electron chi connectivity index (χ4n) is 4.95. The Morgan fingerprint density at radius 3 is 2.88 bits per heavy atom. The summed E-state index contributed by atoms with van der Waals surface area (Å²) < 4.78 is 5.62. The van der Waals surface area contributed by atoms with Gasteiger partial charge in [-0.05, 0) is 48.7 Å². The second-order valence-corrected chi connectivity index (χ2v) is 7.23. The van der Waals surface area contributed by atoms with E-state index < -0.39 is 0 Å². The van der Waals surface area contributed by atoms with Crippen molar-refractivity contribution >= 4 is 17.7 Å². The molecule has 0 aromatic heterocycles. The Morgan fingerprint density at radius 2 is 2.06 bits per heavy atom. The molecule has 3 heteroatoms. The third-order valence-corrected chi connectivity index (χ3v) is 7.03. The SMILES string of the molecule is CC(=O)O[C@@H]1[C@@H]2C[C@@H]3CC[C@@H]4CS[C@@H]1[C@@H]4[C@H]32. The van der Waals surface area contributed by atoms with Gasteiger partial charge in [0.1, 0.15) is 6.10 Å². The molecule has 0 N–H and O–H groups in total. The van der Waals surface area contributed by atoms with E-state index in [9.17, 15) is 4.79 Å². The standard InChI is InChI=1S/C13H18O2S/c1-6(14)15-12-9-4-7-2-3-8-5-16-13(12)11(8)10(7)9/h7-13H,2-5H2,1H3/t7-,8+,9+,10+,11-,12+,13+/m0/s1. The van der Waals surface area contributed by atoms with Crippen LogP contribution in [0, 0.1) is 29.6 Å². The Labute approximate surface area is 100 Å². The predicted octanol–water partition coefficient (Wildman–Crippen LogP) is 2.33. The van der Waals surface area contributed by atoms with Gasteiger partial charge in [0.2, 0.25) is 0 Å². The smallest absolute Gasteiger partial charge is 0.302 e. The molecule has 0 unspecified atom stereocenters. The van der Waals surface area contributed by atoms with Crippen LogP contribution < -0.4 is 0 Å². The molecule has 16 heavy (non-hydrogen) atoms. The highest BCUT2D eigenvalue weighted by Gasteiger charge is 2.65. The first-order valence-corrected chi connectivity index (χ1v) is 7.59. The maximum Gasteiger partial charge on any atom is 0.302 e. The van der Waals surface area contributed by atoms with Crippen LogP contribution in [0.2, 0.25) is 0 Å². The Kier molecular flexibility index (Phi) is 1.95. The number of rotatable bonds is 1. The van der Waals surface area contributed by atoms with E-state index in [0.717, 1.165) is 29.6 Å². The Balaban J connectivity index is 1.65. The quantitative estimate of drug-likeness (QED) is 0.656. The van der Waals surface area contributed by atoms with Crippen molar-refractivity contribution in [1.29, 1.82) is 0 Å². The Bertz CT molecular complexity index is 343. The number of carbonyl (C=O) groups excluding carboxylic acids is 1. The van der Waals surface area contributed by atoms with Gasteiger partial charge in [0.05, 0.1) is 0 Å². The summed E-state index contributed by atoms with van der Waals surface area (Å²) in [5.74, 6) is 5.71.